The number of anilines is 3. The van der Waals surface area contributed by atoms with Crippen molar-refractivity contribution in [3.8, 4) is 0 Å². The van der Waals surface area contributed by atoms with Gasteiger partial charge in [-0.05, 0) is 19.1 Å². The van der Waals surface area contributed by atoms with Crippen LogP contribution in [0.5, 0.6) is 0 Å². The molecule has 0 bridgehead atoms. The number of hydrogen-bond donors (Lipinski definition) is 0. The lowest BCUT2D eigenvalue weighted by Gasteiger charge is -2.36. The Labute approximate surface area is 167 Å². The Morgan fingerprint density at radius 1 is 0.862 bits per heavy atom. The summed E-state index contributed by atoms with van der Waals surface area (Å²) in [6, 6.07) is 4.07. The second-order valence-corrected chi connectivity index (χ2v) is 7.14. The molecule has 0 aromatic carbocycles. The maximum Gasteiger partial charge on any atom is 0.416 e. The van der Waals surface area contributed by atoms with Gasteiger partial charge in [0.15, 0.2) is 0 Å². The third kappa shape index (κ3) is 4.52. The van der Waals surface area contributed by atoms with Crippen molar-refractivity contribution in [1.29, 1.82) is 0 Å². The average molecular weight is 408 g/mol. The zero-order valence-corrected chi connectivity index (χ0v) is 16.2. The Morgan fingerprint density at radius 2 is 1.52 bits per heavy atom. The molecule has 4 heterocycles. The maximum absolute atomic E-state index is 13.0. The summed E-state index contributed by atoms with van der Waals surface area (Å²) in [7, 11) is 0. The summed E-state index contributed by atoms with van der Waals surface area (Å²) < 4.78 is 44.3. The van der Waals surface area contributed by atoms with Gasteiger partial charge in [-0.3, -0.25) is 0 Å². The van der Waals surface area contributed by atoms with Gasteiger partial charge in [-0.2, -0.15) is 18.2 Å². The molecule has 2 fully saturated rings. The van der Waals surface area contributed by atoms with Crippen molar-refractivity contribution < 1.29 is 17.9 Å². The molecule has 0 unspecified atom stereocenters. The summed E-state index contributed by atoms with van der Waals surface area (Å²) in [5.41, 5.74) is 0.209. The molecule has 2 aromatic heterocycles. The van der Waals surface area contributed by atoms with Gasteiger partial charge in [-0.1, -0.05) is 0 Å². The summed E-state index contributed by atoms with van der Waals surface area (Å²) in [6.45, 7) is 7.24. The molecule has 4 rings (SSSR count). The van der Waals surface area contributed by atoms with Crippen LogP contribution < -0.4 is 14.7 Å². The zero-order valence-electron chi connectivity index (χ0n) is 16.2. The van der Waals surface area contributed by atoms with Gasteiger partial charge < -0.3 is 19.4 Å². The second kappa shape index (κ2) is 8.02. The van der Waals surface area contributed by atoms with Gasteiger partial charge in [-0.25, -0.2) is 9.97 Å². The van der Waals surface area contributed by atoms with E-state index in [0.717, 1.165) is 36.7 Å². The summed E-state index contributed by atoms with van der Waals surface area (Å²) in [5, 5.41) is 0. The first kappa shape index (κ1) is 19.7. The van der Waals surface area contributed by atoms with Crippen LogP contribution in [0.1, 0.15) is 11.3 Å². The quantitative estimate of drug-likeness (QED) is 0.773. The third-order valence-electron chi connectivity index (χ3n) is 5.12. The first-order chi connectivity index (χ1) is 13.9. The molecule has 0 N–H and O–H groups in total. The van der Waals surface area contributed by atoms with Gasteiger partial charge in [0.25, 0.3) is 0 Å². The maximum atomic E-state index is 13.0. The first-order valence-corrected chi connectivity index (χ1v) is 9.62. The molecule has 156 valence electrons. The number of pyridine rings is 1. The fourth-order valence-corrected chi connectivity index (χ4v) is 3.54. The summed E-state index contributed by atoms with van der Waals surface area (Å²) in [6.07, 6.45) is -3.16. The lowest BCUT2D eigenvalue weighted by Crippen LogP contribution is -2.47. The van der Waals surface area contributed by atoms with Crippen LogP contribution in [0.15, 0.2) is 24.4 Å². The Hall–Kier alpha value is -2.62. The van der Waals surface area contributed by atoms with Crippen molar-refractivity contribution >= 4 is 17.6 Å². The number of aromatic nitrogens is 3. The van der Waals surface area contributed by atoms with E-state index in [-0.39, 0.29) is 0 Å². The largest absolute Gasteiger partial charge is 0.416 e. The summed E-state index contributed by atoms with van der Waals surface area (Å²) in [4.78, 5) is 19.5. The van der Waals surface area contributed by atoms with Crippen LogP contribution in [0.2, 0.25) is 0 Å². The molecule has 0 aliphatic carbocycles. The topological polar surface area (TPSA) is 57.6 Å². The van der Waals surface area contributed by atoms with Crippen LogP contribution in [-0.2, 0) is 10.9 Å². The van der Waals surface area contributed by atoms with Crippen LogP contribution in [0.4, 0.5) is 30.8 Å². The number of alkyl halides is 3. The SMILES string of the molecule is Cc1cc(N2CCOCC2)nc(N2CCN(c3cc(C(F)(F)F)ccn3)CC2)n1. The molecule has 2 aliphatic heterocycles. The molecule has 0 atom stereocenters. The van der Waals surface area contributed by atoms with E-state index in [0.29, 0.717) is 51.2 Å². The Kier molecular flexibility index (Phi) is 5.44. The zero-order chi connectivity index (χ0) is 20.4. The molecular formula is C19H23F3N6O. The van der Waals surface area contributed by atoms with Gasteiger partial charge in [0.2, 0.25) is 5.95 Å². The lowest BCUT2D eigenvalue weighted by molar-refractivity contribution is -0.137. The van der Waals surface area contributed by atoms with Crippen molar-refractivity contribution in [2.45, 2.75) is 13.1 Å². The minimum Gasteiger partial charge on any atom is -0.378 e. The monoisotopic (exact) mass is 408 g/mol. The van der Waals surface area contributed by atoms with E-state index in [1.54, 1.807) is 0 Å². The van der Waals surface area contributed by atoms with Crippen molar-refractivity contribution in [3.05, 3.63) is 35.7 Å². The molecule has 0 radical (unpaired) electrons. The Morgan fingerprint density at radius 3 is 2.21 bits per heavy atom. The van der Waals surface area contributed by atoms with Crippen LogP contribution >= 0.6 is 0 Å². The van der Waals surface area contributed by atoms with Crippen LogP contribution in [0, 0.1) is 6.92 Å². The molecule has 0 saturated carbocycles. The fraction of sp³-hybridized carbons (Fsp3) is 0.526. The van der Waals surface area contributed by atoms with E-state index in [9.17, 15) is 13.2 Å². The number of ether oxygens (including phenoxy) is 1. The number of morpholine rings is 1. The number of nitrogens with zero attached hydrogens (tertiary/aromatic N) is 6. The van der Waals surface area contributed by atoms with Gasteiger partial charge in [0.05, 0.1) is 18.8 Å². The van der Waals surface area contributed by atoms with E-state index in [1.807, 2.05) is 17.9 Å². The van der Waals surface area contributed by atoms with Crippen molar-refractivity contribution in [1.82, 2.24) is 15.0 Å². The molecule has 2 aromatic rings. The van der Waals surface area contributed by atoms with Crippen LogP contribution in [-0.4, -0.2) is 67.4 Å². The predicted octanol–water partition coefficient (Wildman–Crippen LogP) is 2.36. The number of aryl methyl sites for hydroxylation is 1. The molecule has 7 nitrogen and oxygen atoms in total. The fourth-order valence-electron chi connectivity index (χ4n) is 3.54. The average Bonchev–Trinajstić information content (AvgIpc) is 2.73. The normalized spacial score (nSPS) is 18.3. The highest BCUT2D eigenvalue weighted by molar-refractivity contribution is 5.48. The molecule has 0 spiro atoms. The summed E-state index contributed by atoms with van der Waals surface area (Å²) >= 11 is 0. The van der Waals surface area contributed by atoms with Crippen molar-refractivity contribution in [2.75, 3.05) is 67.2 Å². The van der Waals surface area contributed by atoms with E-state index >= 15 is 0 Å². The van der Waals surface area contributed by atoms with Gasteiger partial charge in [-0.15, -0.1) is 0 Å². The highest BCUT2D eigenvalue weighted by Crippen LogP contribution is 2.31. The van der Waals surface area contributed by atoms with Gasteiger partial charge >= 0.3 is 6.18 Å². The minimum absolute atomic E-state index is 0.346. The van der Waals surface area contributed by atoms with Crippen molar-refractivity contribution in [3.63, 3.8) is 0 Å². The van der Waals surface area contributed by atoms with Crippen molar-refractivity contribution in [2.24, 2.45) is 0 Å². The summed E-state index contributed by atoms with van der Waals surface area (Å²) in [5.74, 6) is 1.89. The molecule has 0 amide bonds. The van der Waals surface area contributed by atoms with Gasteiger partial charge in [0.1, 0.15) is 11.6 Å². The number of piperazine rings is 1. The Balaban J connectivity index is 1.45. The molecular weight excluding hydrogens is 385 g/mol. The molecule has 10 heteroatoms. The minimum atomic E-state index is -4.37. The molecule has 2 saturated heterocycles. The second-order valence-electron chi connectivity index (χ2n) is 7.14. The van der Waals surface area contributed by atoms with Gasteiger partial charge in [0, 0.05) is 57.2 Å². The lowest BCUT2D eigenvalue weighted by atomic mass is 10.2. The van der Waals surface area contributed by atoms with E-state index in [1.165, 1.54) is 6.20 Å². The predicted molar refractivity (Wildman–Crippen MR) is 103 cm³/mol. The van der Waals surface area contributed by atoms with Crippen LogP contribution in [0.25, 0.3) is 0 Å². The van der Waals surface area contributed by atoms with E-state index < -0.39 is 11.7 Å². The molecule has 29 heavy (non-hydrogen) atoms. The number of rotatable bonds is 3. The Bertz CT molecular complexity index is 848. The standard InChI is InChI=1S/C19H23F3N6O/c1-14-12-17(27-8-10-29-11-9-27)25-18(24-14)28-6-4-26(5-7-28)16-13-15(2-3-23-16)19(20,21)22/h2-3,12-13H,4-11H2,1H3. The van der Waals surface area contributed by atoms with E-state index in [4.69, 9.17) is 9.72 Å². The smallest absolute Gasteiger partial charge is 0.378 e. The molecule has 2 aliphatic rings. The highest BCUT2D eigenvalue weighted by atomic mass is 19.4. The number of hydrogen-bond acceptors (Lipinski definition) is 7. The third-order valence-corrected chi connectivity index (χ3v) is 5.12. The van der Waals surface area contributed by atoms with Crippen LogP contribution in [0.3, 0.4) is 0 Å². The highest BCUT2D eigenvalue weighted by Gasteiger charge is 2.31. The first-order valence-electron chi connectivity index (χ1n) is 9.62. The number of halogens is 3. The van der Waals surface area contributed by atoms with E-state index in [2.05, 4.69) is 19.8 Å².